The summed E-state index contributed by atoms with van der Waals surface area (Å²) >= 11 is 3.35. The smallest absolute Gasteiger partial charge is 0.344 e. The molecular weight excluding hydrogens is 432 g/mol. The van der Waals surface area contributed by atoms with Crippen LogP contribution in [0, 0.1) is 0 Å². The lowest BCUT2D eigenvalue weighted by molar-refractivity contribution is -0.146. The Balaban J connectivity index is 1.73. The molecule has 3 amide bonds. The van der Waals surface area contributed by atoms with E-state index < -0.39 is 17.9 Å². The standard InChI is InChI=1S/C19H21BrN2O6/c1-2-3-6-27-17(24)10-28-15-8-11(20)7-12-13(15)9-22(19(12)26)14-4-5-16(23)21-18(14)25/h7-8,14H,2-6,9-10H2,1H3,(H,21,23,25). The zero-order valence-electron chi connectivity index (χ0n) is 15.5. The van der Waals surface area contributed by atoms with Gasteiger partial charge in [-0.25, -0.2) is 4.79 Å². The van der Waals surface area contributed by atoms with Crippen LogP contribution in [0.15, 0.2) is 16.6 Å². The van der Waals surface area contributed by atoms with Crippen LogP contribution in [-0.4, -0.2) is 47.8 Å². The van der Waals surface area contributed by atoms with Gasteiger partial charge >= 0.3 is 5.97 Å². The third-order valence-electron chi connectivity index (χ3n) is 4.69. The highest BCUT2D eigenvalue weighted by atomic mass is 79.9. The Hall–Kier alpha value is -2.42. The summed E-state index contributed by atoms with van der Waals surface area (Å²) in [6.45, 7) is 2.25. The van der Waals surface area contributed by atoms with Gasteiger partial charge in [0.15, 0.2) is 6.61 Å². The topological polar surface area (TPSA) is 102 Å². The summed E-state index contributed by atoms with van der Waals surface area (Å²) in [5.41, 5.74) is 1.02. The van der Waals surface area contributed by atoms with Gasteiger partial charge in [0.05, 0.1) is 13.2 Å². The lowest BCUT2D eigenvalue weighted by Crippen LogP contribution is -2.52. The Morgan fingerprint density at radius 2 is 2.11 bits per heavy atom. The number of esters is 1. The van der Waals surface area contributed by atoms with E-state index >= 15 is 0 Å². The Bertz CT molecular complexity index is 825. The number of nitrogens with one attached hydrogen (secondary N) is 1. The molecule has 0 aromatic heterocycles. The van der Waals surface area contributed by atoms with Crippen LogP contribution in [-0.2, 0) is 25.7 Å². The lowest BCUT2D eigenvalue weighted by Gasteiger charge is -2.29. The lowest BCUT2D eigenvalue weighted by atomic mass is 10.0. The molecule has 28 heavy (non-hydrogen) atoms. The molecule has 1 atom stereocenters. The van der Waals surface area contributed by atoms with Crippen molar-refractivity contribution < 1.29 is 28.7 Å². The van der Waals surface area contributed by atoms with Crippen LogP contribution in [0.3, 0.4) is 0 Å². The maximum Gasteiger partial charge on any atom is 0.344 e. The van der Waals surface area contributed by atoms with Gasteiger partial charge in [0.1, 0.15) is 11.8 Å². The molecule has 1 aromatic carbocycles. The summed E-state index contributed by atoms with van der Waals surface area (Å²) in [5, 5.41) is 2.27. The number of carbonyl (C=O) groups excluding carboxylic acids is 4. The summed E-state index contributed by atoms with van der Waals surface area (Å²) in [6, 6.07) is 2.64. The van der Waals surface area contributed by atoms with E-state index in [0.717, 1.165) is 12.8 Å². The molecule has 1 saturated heterocycles. The quantitative estimate of drug-likeness (QED) is 0.385. The number of ether oxygens (including phenoxy) is 2. The van der Waals surface area contributed by atoms with Crippen LogP contribution in [0.4, 0.5) is 0 Å². The Kier molecular flexibility index (Phi) is 6.33. The molecular formula is C19H21BrN2O6. The minimum atomic E-state index is -0.705. The summed E-state index contributed by atoms with van der Waals surface area (Å²) in [7, 11) is 0. The maximum atomic E-state index is 12.8. The fourth-order valence-corrected chi connectivity index (χ4v) is 3.67. The molecule has 3 rings (SSSR count). The molecule has 2 aliphatic rings. The molecule has 2 aliphatic heterocycles. The van der Waals surface area contributed by atoms with E-state index in [4.69, 9.17) is 9.47 Å². The summed E-state index contributed by atoms with van der Waals surface area (Å²) in [5.74, 6) is -1.20. The van der Waals surface area contributed by atoms with E-state index in [-0.39, 0.29) is 37.8 Å². The van der Waals surface area contributed by atoms with Gasteiger partial charge in [-0.3, -0.25) is 19.7 Å². The summed E-state index contributed by atoms with van der Waals surface area (Å²) < 4.78 is 11.3. The van der Waals surface area contributed by atoms with Crippen molar-refractivity contribution in [3.05, 3.63) is 27.7 Å². The zero-order chi connectivity index (χ0) is 20.3. The second kappa shape index (κ2) is 8.72. The predicted molar refractivity (Wildman–Crippen MR) is 102 cm³/mol. The van der Waals surface area contributed by atoms with Crippen molar-refractivity contribution >= 4 is 39.6 Å². The molecule has 0 aliphatic carbocycles. The Morgan fingerprint density at radius 1 is 1.32 bits per heavy atom. The van der Waals surface area contributed by atoms with Gasteiger partial charge in [-0.2, -0.15) is 0 Å². The first-order valence-electron chi connectivity index (χ1n) is 9.16. The van der Waals surface area contributed by atoms with Crippen LogP contribution in [0.1, 0.15) is 48.5 Å². The Labute approximate surface area is 170 Å². The zero-order valence-corrected chi connectivity index (χ0v) is 17.0. The van der Waals surface area contributed by atoms with Crippen molar-refractivity contribution in [3.8, 4) is 5.75 Å². The molecule has 1 aromatic rings. The monoisotopic (exact) mass is 452 g/mol. The molecule has 0 spiro atoms. The molecule has 1 fully saturated rings. The fourth-order valence-electron chi connectivity index (χ4n) is 3.23. The minimum Gasteiger partial charge on any atom is -0.481 e. The van der Waals surface area contributed by atoms with Crippen LogP contribution < -0.4 is 10.1 Å². The molecule has 9 heteroatoms. The van der Waals surface area contributed by atoms with E-state index in [0.29, 0.717) is 28.0 Å². The number of nitrogens with zero attached hydrogens (tertiary/aromatic N) is 1. The second-order valence-corrected chi connectivity index (χ2v) is 7.61. The van der Waals surface area contributed by atoms with E-state index in [2.05, 4.69) is 21.2 Å². The number of carbonyl (C=O) groups is 4. The van der Waals surface area contributed by atoms with Gasteiger partial charge in [0.2, 0.25) is 11.8 Å². The van der Waals surface area contributed by atoms with Crippen LogP contribution in [0.5, 0.6) is 5.75 Å². The van der Waals surface area contributed by atoms with Gasteiger partial charge in [0.25, 0.3) is 5.91 Å². The number of hydrogen-bond donors (Lipinski definition) is 1. The SMILES string of the molecule is CCCCOC(=O)COc1cc(Br)cc2c1CN(C1CCC(=O)NC1=O)C2=O. The van der Waals surface area contributed by atoms with Crippen molar-refractivity contribution in [2.24, 2.45) is 0 Å². The number of amides is 3. The molecule has 8 nitrogen and oxygen atoms in total. The molecule has 1 unspecified atom stereocenters. The number of hydrogen-bond acceptors (Lipinski definition) is 6. The molecule has 1 N–H and O–H groups in total. The molecule has 150 valence electrons. The van der Waals surface area contributed by atoms with Gasteiger partial charge < -0.3 is 14.4 Å². The van der Waals surface area contributed by atoms with E-state index in [1.165, 1.54) is 4.90 Å². The first-order chi connectivity index (χ1) is 13.4. The first-order valence-corrected chi connectivity index (χ1v) is 9.95. The number of unbranched alkanes of at least 4 members (excludes halogenated alkanes) is 1. The van der Waals surface area contributed by atoms with Crippen molar-refractivity contribution in [3.63, 3.8) is 0 Å². The minimum absolute atomic E-state index is 0.175. The first kappa shape index (κ1) is 20.3. The molecule has 0 saturated carbocycles. The molecule has 0 bridgehead atoms. The van der Waals surface area contributed by atoms with Crippen LogP contribution in [0.2, 0.25) is 0 Å². The maximum absolute atomic E-state index is 12.8. The molecule has 2 heterocycles. The number of halogens is 1. The second-order valence-electron chi connectivity index (χ2n) is 6.69. The van der Waals surface area contributed by atoms with E-state index in [9.17, 15) is 19.2 Å². The van der Waals surface area contributed by atoms with Gasteiger partial charge in [-0.05, 0) is 25.0 Å². The van der Waals surface area contributed by atoms with Crippen LogP contribution in [0.25, 0.3) is 0 Å². The third-order valence-corrected chi connectivity index (χ3v) is 5.14. The highest BCUT2D eigenvalue weighted by Gasteiger charge is 2.40. The number of rotatable bonds is 7. The fraction of sp³-hybridized carbons (Fsp3) is 0.474. The summed E-state index contributed by atoms with van der Waals surface area (Å²) in [4.78, 5) is 49.6. The molecule has 0 radical (unpaired) electrons. The Morgan fingerprint density at radius 3 is 2.82 bits per heavy atom. The van der Waals surface area contributed by atoms with E-state index in [1.54, 1.807) is 12.1 Å². The van der Waals surface area contributed by atoms with Gasteiger partial charge in [-0.1, -0.05) is 29.3 Å². The summed E-state index contributed by atoms with van der Waals surface area (Å²) in [6.07, 6.45) is 2.18. The van der Waals surface area contributed by atoms with Crippen molar-refractivity contribution in [1.82, 2.24) is 10.2 Å². The number of benzene rings is 1. The van der Waals surface area contributed by atoms with Gasteiger partial charge in [-0.15, -0.1) is 0 Å². The number of piperidine rings is 1. The highest BCUT2D eigenvalue weighted by molar-refractivity contribution is 9.10. The van der Waals surface area contributed by atoms with Crippen molar-refractivity contribution in [2.45, 2.75) is 45.2 Å². The third kappa shape index (κ3) is 4.35. The average molecular weight is 453 g/mol. The van der Waals surface area contributed by atoms with Crippen LogP contribution >= 0.6 is 15.9 Å². The van der Waals surface area contributed by atoms with Crippen molar-refractivity contribution in [1.29, 1.82) is 0 Å². The van der Waals surface area contributed by atoms with E-state index in [1.807, 2.05) is 6.92 Å². The highest BCUT2D eigenvalue weighted by Crippen LogP contribution is 2.36. The number of fused-ring (bicyclic) bond motifs is 1. The average Bonchev–Trinajstić information content (AvgIpc) is 2.97. The van der Waals surface area contributed by atoms with Gasteiger partial charge in [0, 0.05) is 22.0 Å². The van der Waals surface area contributed by atoms with Crippen molar-refractivity contribution in [2.75, 3.05) is 13.2 Å². The largest absolute Gasteiger partial charge is 0.481 e. The predicted octanol–water partition coefficient (Wildman–Crippen LogP) is 1.93. The normalized spacial score (nSPS) is 18.7. The number of imide groups is 1.